The van der Waals surface area contributed by atoms with Crippen LogP contribution in [0.15, 0.2) is 34.9 Å². The lowest BCUT2D eigenvalue weighted by molar-refractivity contribution is -0.134. The summed E-state index contributed by atoms with van der Waals surface area (Å²) in [6.45, 7) is 3.95. The molecule has 0 unspecified atom stereocenters. The van der Waals surface area contributed by atoms with Crippen LogP contribution in [0.4, 0.5) is 0 Å². The fraction of sp³-hybridized carbons (Fsp3) is 0.500. The summed E-state index contributed by atoms with van der Waals surface area (Å²) < 4.78 is 5.70. The maximum absolute atomic E-state index is 13.3. The standard InChI is InChI=1S/C20H27N3O2/c1-15-9-10-17(25-15)14-23(13-12-22(2)3)20(24)18-8-4-6-16-7-5-11-21-19(16)18/h5,7,9-11,18H,4,6,8,12-14H2,1-3H3/t18-/m1/s1. The van der Waals surface area contributed by atoms with E-state index in [0.717, 1.165) is 43.0 Å². The van der Waals surface area contributed by atoms with E-state index in [1.807, 2.05) is 44.1 Å². The number of aromatic nitrogens is 1. The van der Waals surface area contributed by atoms with E-state index in [4.69, 9.17) is 4.42 Å². The molecule has 0 radical (unpaired) electrons. The van der Waals surface area contributed by atoms with Crippen LogP contribution in [0.25, 0.3) is 0 Å². The van der Waals surface area contributed by atoms with Crippen LogP contribution in [0, 0.1) is 6.92 Å². The summed E-state index contributed by atoms with van der Waals surface area (Å²) in [6, 6.07) is 7.96. The van der Waals surface area contributed by atoms with E-state index in [1.54, 1.807) is 6.20 Å². The highest BCUT2D eigenvalue weighted by molar-refractivity contribution is 5.84. The van der Waals surface area contributed by atoms with E-state index in [9.17, 15) is 4.79 Å². The van der Waals surface area contributed by atoms with Crippen LogP contribution in [-0.2, 0) is 17.8 Å². The number of hydrogen-bond acceptors (Lipinski definition) is 4. The molecule has 0 saturated heterocycles. The van der Waals surface area contributed by atoms with Gasteiger partial charge in [0.05, 0.1) is 18.2 Å². The Kier molecular flexibility index (Phi) is 5.53. The first-order valence-corrected chi connectivity index (χ1v) is 8.97. The molecule has 0 saturated carbocycles. The number of aryl methyl sites for hydroxylation is 2. The molecule has 5 heteroatoms. The van der Waals surface area contributed by atoms with Gasteiger partial charge in [-0.15, -0.1) is 0 Å². The molecule has 2 aromatic heterocycles. The van der Waals surface area contributed by atoms with Gasteiger partial charge in [-0.1, -0.05) is 6.07 Å². The number of fused-ring (bicyclic) bond motifs is 1. The summed E-state index contributed by atoms with van der Waals surface area (Å²) in [5, 5.41) is 0. The highest BCUT2D eigenvalue weighted by Gasteiger charge is 2.31. The molecule has 25 heavy (non-hydrogen) atoms. The highest BCUT2D eigenvalue weighted by Crippen LogP contribution is 2.31. The van der Waals surface area contributed by atoms with Gasteiger partial charge in [0.15, 0.2) is 0 Å². The Labute approximate surface area is 149 Å². The van der Waals surface area contributed by atoms with Crippen molar-refractivity contribution in [1.29, 1.82) is 0 Å². The average molecular weight is 341 g/mol. The van der Waals surface area contributed by atoms with Crippen LogP contribution in [0.1, 0.15) is 41.5 Å². The van der Waals surface area contributed by atoms with Gasteiger partial charge < -0.3 is 14.2 Å². The number of furan rings is 1. The zero-order chi connectivity index (χ0) is 17.8. The average Bonchev–Trinajstić information content (AvgIpc) is 3.02. The number of rotatable bonds is 6. The number of likely N-dealkylation sites (N-methyl/N-ethyl adjacent to an activating group) is 1. The van der Waals surface area contributed by atoms with E-state index in [0.29, 0.717) is 13.1 Å². The lowest BCUT2D eigenvalue weighted by Gasteiger charge is -2.30. The fourth-order valence-corrected chi connectivity index (χ4v) is 3.42. The first kappa shape index (κ1) is 17.7. The Morgan fingerprint density at radius 2 is 2.12 bits per heavy atom. The summed E-state index contributed by atoms with van der Waals surface area (Å²) in [6.07, 6.45) is 4.72. The van der Waals surface area contributed by atoms with Crippen LogP contribution in [0.3, 0.4) is 0 Å². The molecule has 0 bridgehead atoms. The minimum Gasteiger partial charge on any atom is -0.464 e. The SMILES string of the molecule is Cc1ccc(CN(CCN(C)C)C(=O)[C@@H]2CCCc3cccnc32)o1. The Balaban J connectivity index is 1.81. The van der Waals surface area contributed by atoms with Gasteiger partial charge in [-0.25, -0.2) is 0 Å². The first-order chi connectivity index (χ1) is 12.0. The number of nitrogens with zero attached hydrogens (tertiary/aromatic N) is 3. The molecule has 0 fully saturated rings. The van der Waals surface area contributed by atoms with Crippen molar-refractivity contribution < 1.29 is 9.21 Å². The third-order valence-electron chi connectivity index (χ3n) is 4.76. The van der Waals surface area contributed by atoms with E-state index < -0.39 is 0 Å². The van der Waals surface area contributed by atoms with Crippen molar-refractivity contribution in [3.63, 3.8) is 0 Å². The summed E-state index contributed by atoms with van der Waals surface area (Å²) in [4.78, 5) is 21.9. The molecule has 134 valence electrons. The smallest absolute Gasteiger partial charge is 0.232 e. The summed E-state index contributed by atoms with van der Waals surface area (Å²) in [7, 11) is 4.05. The van der Waals surface area contributed by atoms with Gasteiger partial charge in [0.1, 0.15) is 11.5 Å². The predicted octanol–water partition coefficient (Wildman–Crippen LogP) is 2.99. The third kappa shape index (κ3) is 4.28. The number of hydrogen-bond donors (Lipinski definition) is 0. The fourth-order valence-electron chi connectivity index (χ4n) is 3.42. The van der Waals surface area contributed by atoms with Gasteiger partial charge in [0.2, 0.25) is 5.91 Å². The summed E-state index contributed by atoms with van der Waals surface area (Å²) in [5.41, 5.74) is 2.18. The van der Waals surface area contributed by atoms with Crippen LogP contribution in [0.2, 0.25) is 0 Å². The van der Waals surface area contributed by atoms with Crippen molar-refractivity contribution in [1.82, 2.24) is 14.8 Å². The topological polar surface area (TPSA) is 49.6 Å². The molecule has 0 N–H and O–H groups in total. The monoisotopic (exact) mass is 341 g/mol. The molecule has 5 nitrogen and oxygen atoms in total. The Morgan fingerprint density at radius 3 is 2.84 bits per heavy atom. The molecule has 0 spiro atoms. The molecule has 3 rings (SSSR count). The molecule has 2 aromatic rings. The molecule has 1 amide bonds. The lowest BCUT2D eigenvalue weighted by atomic mass is 9.85. The van der Waals surface area contributed by atoms with Crippen LogP contribution >= 0.6 is 0 Å². The Bertz CT molecular complexity index is 723. The zero-order valence-corrected chi connectivity index (χ0v) is 15.4. The second-order valence-electron chi connectivity index (χ2n) is 7.07. The van der Waals surface area contributed by atoms with E-state index in [2.05, 4.69) is 16.0 Å². The van der Waals surface area contributed by atoms with Gasteiger partial charge in [-0.3, -0.25) is 9.78 Å². The predicted molar refractivity (Wildman–Crippen MR) is 97.3 cm³/mol. The van der Waals surface area contributed by atoms with Crippen molar-refractivity contribution in [2.45, 2.75) is 38.6 Å². The van der Waals surface area contributed by atoms with Crippen molar-refractivity contribution in [3.05, 3.63) is 53.2 Å². The van der Waals surface area contributed by atoms with Gasteiger partial charge in [0.25, 0.3) is 0 Å². The van der Waals surface area contributed by atoms with Crippen molar-refractivity contribution >= 4 is 5.91 Å². The quantitative estimate of drug-likeness (QED) is 0.810. The van der Waals surface area contributed by atoms with Gasteiger partial charge in [-0.05, 0) is 64.0 Å². The third-order valence-corrected chi connectivity index (χ3v) is 4.76. The number of amides is 1. The second-order valence-corrected chi connectivity index (χ2v) is 7.07. The van der Waals surface area contributed by atoms with E-state index in [1.165, 1.54) is 5.56 Å². The molecule has 1 atom stereocenters. The normalized spacial score (nSPS) is 16.7. The Hall–Kier alpha value is -2.14. The van der Waals surface area contributed by atoms with Crippen molar-refractivity contribution in [2.75, 3.05) is 27.2 Å². The van der Waals surface area contributed by atoms with Crippen LogP contribution in [0.5, 0.6) is 0 Å². The molecular formula is C20H27N3O2. The maximum atomic E-state index is 13.3. The highest BCUT2D eigenvalue weighted by atomic mass is 16.3. The number of carbonyl (C=O) groups is 1. The second kappa shape index (κ2) is 7.83. The minimum absolute atomic E-state index is 0.136. The first-order valence-electron chi connectivity index (χ1n) is 8.97. The van der Waals surface area contributed by atoms with Crippen molar-refractivity contribution in [3.8, 4) is 0 Å². The number of pyridine rings is 1. The van der Waals surface area contributed by atoms with Gasteiger partial charge in [-0.2, -0.15) is 0 Å². The minimum atomic E-state index is -0.136. The van der Waals surface area contributed by atoms with Crippen LogP contribution < -0.4 is 0 Å². The lowest BCUT2D eigenvalue weighted by Crippen LogP contribution is -2.40. The number of carbonyl (C=O) groups excluding carboxylic acids is 1. The summed E-state index contributed by atoms with van der Waals surface area (Å²) >= 11 is 0. The molecule has 1 aliphatic carbocycles. The van der Waals surface area contributed by atoms with Gasteiger partial charge in [0, 0.05) is 19.3 Å². The molecule has 1 aliphatic rings. The largest absolute Gasteiger partial charge is 0.464 e. The van der Waals surface area contributed by atoms with E-state index in [-0.39, 0.29) is 11.8 Å². The molecule has 0 aliphatic heterocycles. The molecule has 0 aromatic carbocycles. The maximum Gasteiger partial charge on any atom is 0.232 e. The Morgan fingerprint density at radius 1 is 1.28 bits per heavy atom. The molecular weight excluding hydrogens is 314 g/mol. The molecule has 2 heterocycles. The van der Waals surface area contributed by atoms with E-state index >= 15 is 0 Å². The van der Waals surface area contributed by atoms with Crippen molar-refractivity contribution in [2.24, 2.45) is 0 Å². The zero-order valence-electron chi connectivity index (χ0n) is 15.4. The van der Waals surface area contributed by atoms with Gasteiger partial charge >= 0.3 is 0 Å². The summed E-state index contributed by atoms with van der Waals surface area (Å²) in [5.74, 6) is 1.74. The van der Waals surface area contributed by atoms with Crippen LogP contribution in [-0.4, -0.2) is 47.9 Å².